The van der Waals surface area contributed by atoms with E-state index >= 15 is 0 Å². The van der Waals surface area contributed by atoms with Crippen molar-refractivity contribution in [3.8, 4) is 0 Å². The molecule has 1 rings (SSSR count). The molecule has 0 aliphatic carbocycles. The van der Waals surface area contributed by atoms with Gasteiger partial charge in [-0.15, -0.1) is 0 Å². The van der Waals surface area contributed by atoms with Gasteiger partial charge in [-0.1, -0.05) is 6.92 Å². The summed E-state index contributed by atoms with van der Waals surface area (Å²) in [5.74, 6) is 0.716. The second-order valence-corrected chi connectivity index (χ2v) is 3.83. The van der Waals surface area contributed by atoms with Crippen LogP contribution in [0.5, 0.6) is 0 Å². The first-order valence-electron chi connectivity index (χ1n) is 3.43. The van der Waals surface area contributed by atoms with E-state index in [1.165, 1.54) is 6.33 Å². The topological polar surface area (TPSA) is 58.6 Å². The summed E-state index contributed by atoms with van der Waals surface area (Å²) in [7, 11) is -0.866. The molecule has 4 nitrogen and oxygen atoms in total. The predicted molar refractivity (Wildman–Crippen MR) is 43.5 cm³/mol. The molecule has 0 saturated heterocycles. The standard InChI is InChI=1S/C6H11N3OS/c1-3-5(11(2)10)6-7-4-8-9-6/h4-5H,3H2,1-2H3,(H,7,8,9). The molecule has 62 valence electrons. The lowest BCUT2D eigenvalue weighted by Crippen LogP contribution is -2.05. The van der Waals surface area contributed by atoms with Crippen LogP contribution in [0.4, 0.5) is 0 Å². The zero-order valence-electron chi connectivity index (χ0n) is 6.57. The molecule has 0 spiro atoms. The van der Waals surface area contributed by atoms with E-state index in [0.29, 0.717) is 5.82 Å². The summed E-state index contributed by atoms with van der Waals surface area (Å²) in [6.07, 6.45) is 3.93. The number of hydrogen-bond acceptors (Lipinski definition) is 3. The summed E-state index contributed by atoms with van der Waals surface area (Å²) in [6.45, 7) is 1.98. The molecule has 1 aromatic rings. The Morgan fingerprint density at radius 2 is 2.55 bits per heavy atom. The minimum absolute atomic E-state index is 0.00231. The molecule has 0 bridgehead atoms. The van der Waals surface area contributed by atoms with Crippen molar-refractivity contribution in [1.29, 1.82) is 0 Å². The summed E-state index contributed by atoms with van der Waals surface area (Å²) in [6, 6.07) is 0. The van der Waals surface area contributed by atoms with Crippen LogP contribution in [0.1, 0.15) is 24.4 Å². The van der Waals surface area contributed by atoms with E-state index in [9.17, 15) is 4.21 Å². The van der Waals surface area contributed by atoms with Crippen LogP contribution in [0.2, 0.25) is 0 Å². The van der Waals surface area contributed by atoms with Gasteiger partial charge in [0.15, 0.2) is 0 Å². The Hall–Kier alpha value is -0.710. The van der Waals surface area contributed by atoms with Crippen molar-refractivity contribution in [1.82, 2.24) is 15.2 Å². The van der Waals surface area contributed by atoms with Crippen molar-refractivity contribution >= 4 is 10.8 Å². The van der Waals surface area contributed by atoms with Crippen LogP contribution >= 0.6 is 0 Å². The quantitative estimate of drug-likeness (QED) is 0.729. The number of nitrogens with one attached hydrogen (secondary N) is 1. The molecule has 5 heteroatoms. The average Bonchev–Trinajstić information content (AvgIpc) is 2.40. The third-order valence-electron chi connectivity index (χ3n) is 1.51. The Labute approximate surface area is 67.9 Å². The van der Waals surface area contributed by atoms with Gasteiger partial charge < -0.3 is 0 Å². The van der Waals surface area contributed by atoms with E-state index in [0.717, 1.165) is 6.42 Å². The summed E-state index contributed by atoms with van der Waals surface area (Å²) < 4.78 is 11.1. The van der Waals surface area contributed by atoms with Crippen LogP contribution in [0, 0.1) is 0 Å². The van der Waals surface area contributed by atoms with Crippen molar-refractivity contribution in [3.05, 3.63) is 12.2 Å². The van der Waals surface area contributed by atoms with Gasteiger partial charge >= 0.3 is 0 Å². The number of hydrogen-bond donors (Lipinski definition) is 1. The molecule has 0 radical (unpaired) electrons. The van der Waals surface area contributed by atoms with Crippen molar-refractivity contribution in [2.24, 2.45) is 0 Å². The maximum atomic E-state index is 11.1. The molecule has 1 aromatic heterocycles. The predicted octanol–water partition coefficient (Wildman–Crippen LogP) is 0.634. The molecule has 1 heterocycles. The second-order valence-electron chi connectivity index (χ2n) is 2.27. The normalized spacial score (nSPS) is 16.2. The molecular weight excluding hydrogens is 162 g/mol. The maximum absolute atomic E-state index is 11.1. The molecule has 2 unspecified atom stereocenters. The van der Waals surface area contributed by atoms with E-state index in [2.05, 4.69) is 15.2 Å². The smallest absolute Gasteiger partial charge is 0.139 e. The summed E-state index contributed by atoms with van der Waals surface area (Å²) in [5.41, 5.74) is 0. The monoisotopic (exact) mass is 173 g/mol. The summed E-state index contributed by atoms with van der Waals surface area (Å²) in [5, 5.41) is 6.42. The lowest BCUT2D eigenvalue weighted by atomic mass is 10.3. The Morgan fingerprint density at radius 1 is 1.82 bits per heavy atom. The molecule has 0 saturated carbocycles. The largest absolute Gasteiger partial charge is 0.262 e. The van der Waals surface area contributed by atoms with Crippen molar-refractivity contribution < 1.29 is 4.21 Å². The van der Waals surface area contributed by atoms with Crippen LogP contribution < -0.4 is 0 Å². The third kappa shape index (κ3) is 1.86. The Kier molecular flexibility index (Phi) is 2.76. The van der Waals surface area contributed by atoms with Crippen molar-refractivity contribution in [2.75, 3.05) is 6.26 Å². The zero-order valence-corrected chi connectivity index (χ0v) is 7.39. The van der Waals surface area contributed by atoms with Gasteiger partial charge in [-0.2, -0.15) is 5.10 Å². The SMILES string of the molecule is CCC(c1ncn[nH]1)S(C)=O. The lowest BCUT2D eigenvalue weighted by Gasteiger charge is -2.06. The lowest BCUT2D eigenvalue weighted by molar-refractivity contribution is 0.667. The van der Waals surface area contributed by atoms with Crippen LogP contribution in [-0.4, -0.2) is 25.6 Å². The van der Waals surface area contributed by atoms with Gasteiger partial charge in [0.25, 0.3) is 0 Å². The minimum atomic E-state index is -0.866. The fraction of sp³-hybridized carbons (Fsp3) is 0.667. The molecule has 0 aliphatic rings. The van der Waals surface area contributed by atoms with Gasteiger partial charge in [-0.25, -0.2) is 4.98 Å². The first-order valence-corrected chi connectivity index (χ1v) is 5.05. The summed E-state index contributed by atoms with van der Waals surface area (Å²) in [4.78, 5) is 3.95. The van der Waals surface area contributed by atoms with E-state index in [1.54, 1.807) is 6.26 Å². The molecule has 0 amide bonds. The highest BCUT2D eigenvalue weighted by molar-refractivity contribution is 7.84. The highest BCUT2D eigenvalue weighted by Gasteiger charge is 2.15. The van der Waals surface area contributed by atoms with Crippen molar-refractivity contribution in [2.45, 2.75) is 18.6 Å². The Morgan fingerprint density at radius 3 is 2.91 bits per heavy atom. The van der Waals surface area contributed by atoms with Gasteiger partial charge in [0.05, 0.1) is 5.25 Å². The molecule has 0 aromatic carbocycles. The van der Waals surface area contributed by atoms with Crippen LogP contribution in [0.3, 0.4) is 0 Å². The van der Waals surface area contributed by atoms with E-state index in [4.69, 9.17) is 0 Å². The number of aromatic amines is 1. The number of aromatic nitrogens is 3. The van der Waals surface area contributed by atoms with E-state index in [-0.39, 0.29) is 5.25 Å². The van der Waals surface area contributed by atoms with Gasteiger partial charge in [0, 0.05) is 17.1 Å². The molecular formula is C6H11N3OS. The van der Waals surface area contributed by atoms with Gasteiger partial charge in [0.2, 0.25) is 0 Å². The van der Waals surface area contributed by atoms with Gasteiger partial charge in [-0.3, -0.25) is 9.31 Å². The maximum Gasteiger partial charge on any atom is 0.139 e. The first kappa shape index (κ1) is 8.39. The number of nitrogens with zero attached hydrogens (tertiary/aromatic N) is 2. The second kappa shape index (κ2) is 3.61. The number of rotatable bonds is 3. The molecule has 11 heavy (non-hydrogen) atoms. The third-order valence-corrected chi connectivity index (χ3v) is 2.87. The fourth-order valence-electron chi connectivity index (χ4n) is 0.955. The van der Waals surface area contributed by atoms with E-state index in [1.807, 2.05) is 6.92 Å². The molecule has 1 N–H and O–H groups in total. The number of H-pyrrole nitrogens is 1. The van der Waals surface area contributed by atoms with Crippen LogP contribution in [0.15, 0.2) is 6.33 Å². The Bertz CT molecular complexity index is 234. The first-order chi connectivity index (χ1) is 5.25. The average molecular weight is 173 g/mol. The van der Waals surface area contributed by atoms with Crippen LogP contribution in [0.25, 0.3) is 0 Å². The molecule has 0 fully saturated rings. The Balaban J connectivity index is 2.79. The highest BCUT2D eigenvalue weighted by atomic mass is 32.2. The van der Waals surface area contributed by atoms with Crippen LogP contribution in [-0.2, 0) is 10.8 Å². The van der Waals surface area contributed by atoms with Crippen molar-refractivity contribution in [3.63, 3.8) is 0 Å². The zero-order chi connectivity index (χ0) is 8.27. The molecule has 0 aliphatic heterocycles. The highest BCUT2D eigenvalue weighted by Crippen LogP contribution is 2.17. The van der Waals surface area contributed by atoms with E-state index < -0.39 is 10.8 Å². The van der Waals surface area contributed by atoms with Gasteiger partial charge in [-0.05, 0) is 6.42 Å². The van der Waals surface area contributed by atoms with Gasteiger partial charge in [0.1, 0.15) is 12.2 Å². The minimum Gasteiger partial charge on any atom is -0.262 e. The fourth-order valence-corrected chi connectivity index (χ4v) is 1.85. The molecule has 2 atom stereocenters. The summed E-state index contributed by atoms with van der Waals surface area (Å²) >= 11 is 0.